The van der Waals surface area contributed by atoms with Crippen LogP contribution in [0.1, 0.15) is 23.0 Å². The minimum atomic E-state index is -3.31. The van der Waals surface area contributed by atoms with Crippen LogP contribution >= 0.6 is 11.3 Å². The zero-order valence-electron chi connectivity index (χ0n) is 18.1. The number of aryl methyl sites for hydroxylation is 1. The molecule has 0 spiro atoms. The van der Waals surface area contributed by atoms with Crippen LogP contribution in [0.5, 0.6) is 17.2 Å². The molecule has 170 valence electrons. The van der Waals surface area contributed by atoms with Crippen molar-refractivity contribution in [2.24, 2.45) is 0 Å². The van der Waals surface area contributed by atoms with Gasteiger partial charge in [0.15, 0.2) is 15.0 Å². The first-order valence-electron chi connectivity index (χ1n) is 9.66. The molecule has 32 heavy (non-hydrogen) atoms. The molecule has 3 aromatic rings. The normalized spacial score (nSPS) is 12.2. The lowest BCUT2D eigenvalue weighted by atomic mass is 10.2. The van der Waals surface area contributed by atoms with Crippen molar-refractivity contribution in [1.82, 2.24) is 4.98 Å². The van der Waals surface area contributed by atoms with Crippen molar-refractivity contribution in [2.45, 2.75) is 24.8 Å². The number of rotatable bonds is 9. The maximum atomic E-state index is 12.8. The number of sulfone groups is 1. The number of carbonyl (C=O) groups is 1. The first-order chi connectivity index (χ1) is 15.1. The van der Waals surface area contributed by atoms with E-state index >= 15 is 0 Å². The molecule has 1 amide bonds. The van der Waals surface area contributed by atoms with E-state index in [1.54, 1.807) is 37.4 Å². The molecular formula is C22H24N2O6S2. The van der Waals surface area contributed by atoms with Crippen LogP contribution in [0.25, 0.3) is 0 Å². The molecule has 2 aromatic carbocycles. The van der Waals surface area contributed by atoms with Gasteiger partial charge in [-0.2, -0.15) is 0 Å². The summed E-state index contributed by atoms with van der Waals surface area (Å²) in [4.78, 5) is 17.2. The van der Waals surface area contributed by atoms with Gasteiger partial charge in [0.25, 0.3) is 5.91 Å². The zero-order valence-corrected chi connectivity index (χ0v) is 19.7. The summed E-state index contributed by atoms with van der Waals surface area (Å²) in [7, 11) is -1.72. The van der Waals surface area contributed by atoms with Gasteiger partial charge in [0.2, 0.25) is 0 Å². The lowest BCUT2D eigenvalue weighted by molar-refractivity contribution is 0.0715. The smallest absolute Gasteiger partial charge is 0.257 e. The molecule has 0 aliphatic rings. The average Bonchev–Trinajstić information content (AvgIpc) is 3.16. The molecule has 0 saturated carbocycles. The number of anilines is 1. The van der Waals surface area contributed by atoms with E-state index in [1.165, 1.54) is 23.5 Å². The standard InChI is InChI=1S/C22H24N2O6S2/c1-14-13-31-22(23-14)24-21(25)16-9-18(29-12-15(2)28-3)11-19(10-16)30-17-5-7-20(8-6-17)32(4,26)27/h5-11,13,15H,12H2,1-4H3,(H,23,24,25). The lowest BCUT2D eigenvalue weighted by Crippen LogP contribution is -2.16. The molecular weight excluding hydrogens is 452 g/mol. The van der Waals surface area contributed by atoms with E-state index < -0.39 is 9.84 Å². The second-order valence-corrected chi connectivity index (χ2v) is 10.0. The Hall–Kier alpha value is -2.95. The second-order valence-electron chi connectivity index (χ2n) is 7.14. The summed E-state index contributed by atoms with van der Waals surface area (Å²) in [5.41, 5.74) is 1.14. The van der Waals surface area contributed by atoms with Gasteiger partial charge in [0.05, 0.1) is 16.7 Å². The monoisotopic (exact) mass is 476 g/mol. The minimum Gasteiger partial charge on any atom is -0.491 e. The molecule has 8 nitrogen and oxygen atoms in total. The highest BCUT2D eigenvalue weighted by Crippen LogP contribution is 2.29. The first kappa shape index (κ1) is 23.7. The molecule has 1 atom stereocenters. The summed E-state index contributed by atoms with van der Waals surface area (Å²) in [6, 6.07) is 10.9. The minimum absolute atomic E-state index is 0.140. The largest absolute Gasteiger partial charge is 0.491 e. The molecule has 10 heteroatoms. The Balaban J connectivity index is 1.86. The third-order valence-electron chi connectivity index (χ3n) is 4.36. The average molecular weight is 477 g/mol. The molecule has 1 unspecified atom stereocenters. The van der Waals surface area contributed by atoms with Gasteiger partial charge in [0.1, 0.15) is 23.9 Å². The first-order valence-corrected chi connectivity index (χ1v) is 12.4. The van der Waals surface area contributed by atoms with Crippen LogP contribution in [0.4, 0.5) is 5.13 Å². The second kappa shape index (κ2) is 10.1. The molecule has 0 saturated heterocycles. The molecule has 3 rings (SSSR count). The lowest BCUT2D eigenvalue weighted by Gasteiger charge is -2.14. The number of hydrogen-bond acceptors (Lipinski definition) is 8. The Kier molecular flexibility index (Phi) is 7.49. The van der Waals surface area contributed by atoms with E-state index in [1.807, 2.05) is 19.2 Å². The fourth-order valence-corrected chi connectivity index (χ4v) is 3.91. The maximum absolute atomic E-state index is 12.8. The van der Waals surface area contributed by atoms with Crippen LogP contribution in [0.2, 0.25) is 0 Å². The van der Waals surface area contributed by atoms with Gasteiger partial charge in [-0.25, -0.2) is 13.4 Å². The van der Waals surface area contributed by atoms with Gasteiger partial charge in [-0.3, -0.25) is 10.1 Å². The Morgan fingerprint density at radius 2 is 1.81 bits per heavy atom. The molecule has 0 aliphatic carbocycles. The molecule has 1 heterocycles. The van der Waals surface area contributed by atoms with E-state index in [0.717, 1.165) is 11.9 Å². The molecule has 0 radical (unpaired) electrons. The Bertz CT molecular complexity index is 1190. The number of nitrogens with zero attached hydrogens (tertiary/aromatic N) is 1. The predicted octanol–water partition coefficient (Wildman–Crippen LogP) is 4.31. The fraction of sp³-hybridized carbons (Fsp3) is 0.273. The van der Waals surface area contributed by atoms with Crippen molar-refractivity contribution < 1.29 is 27.4 Å². The van der Waals surface area contributed by atoms with Gasteiger partial charge in [-0.1, -0.05) is 0 Å². The van der Waals surface area contributed by atoms with Gasteiger partial charge in [0, 0.05) is 30.4 Å². The molecule has 0 bridgehead atoms. The maximum Gasteiger partial charge on any atom is 0.257 e. The van der Waals surface area contributed by atoms with E-state index in [2.05, 4.69) is 10.3 Å². The molecule has 0 aliphatic heterocycles. The van der Waals surface area contributed by atoms with Gasteiger partial charge in [-0.15, -0.1) is 11.3 Å². The third kappa shape index (κ3) is 6.52. The topological polar surface area (TPSA) is 104 Å². The number of nitrogens with one attached hydrogen (secondary N) is 1. The van der Waals surface area contributed by atoms with Gasteiger partial charge >= 0.3 is 0 Å². The van der Waals surface area contributed by atoms with Crippen LogP contribution in [-0.2, 0) is 14.6 Å². The van der Waals surface area contributed by atoms with Crippen LogP contribution < -0.4 is 14.8 Å². The summed E-state index contributed by atoms with van der Waals surface area (Å²) in [6.07, 6.45) is 0.998. The number of thiazole rings is 1. The van der Waals surface area contributed by atoms with Crippen molar-refractivity contribution in [3.8, 4) is 17.2 Å². The summed E-state index contributed by atoms with van der Waals surface area (Å²) in [5, 5.41) is 5.10. The number of hydrogen-bond donors (Lipinski definition) is 1. The number of benzene rings is 2. The summed E-state index contributed by atoms with van der Waals surface area (Å²) in [5.74, 6) is 0.850. The van der Waals surface area contributed by atoms with Crippen LogP contribution in [0, 0.1) is 6.92 Å². The van der Waals surface area contributed by atoms with Gasteiger partial charge < -0.3 is 14.2 Å². The summed E-state index contributed by atoms with van der Waals surface area (Å²) >= 11 is 1.33. The Morgan fingerprint density at radius 3 is 2.41 bits per heavy atom. The third-order valence-corrected chi connectivity index (χ3v) is 6.36. The van der Waals surface area contributed by atoms with E-state index in [0.29, 0.717) is 27.9 Å². The number of amides is 1. The predicted molar refractivity (Wildman–Crippen MR) is 123 cm³/mol. The van der Waals surface area contributed by atoms with Crippen LogP contribution in [-0.4, -0.2) is 45.4 Å². The Labute approximate surface area is 191 Å². The fourth-order valence-electron chi connectivity index (χ4n) is 2.60. The SMILES string of the molecule is COC(C)COc1cc(Oc2ccc(S(C)(=O)=O)cc2)cc(C(=O)Nc2nc(C)cs2)c1. The van der Waals surface area contributed by atoms with Crippen molar-refractivity contribution in [1.29, 1.82) is 0 Å². The molecule has 0 fully saturated rings. The molecule has 1 N–H and O–H groups in total. The quantitative estimate of drug-likeness (QED) is 0.491. The van der Waals surface area contributed by atoms with E-state index in [9.17, 15) is 13.2 Å². The highest BCUT2D eigenvalue weighted by Gasteiger charge is 2.14. The van der Waals surface area contributed by atoms with Crippen molar-refractivity contribution in [3.05, 3.63) is 59.1 Å². The van der Waals surface area contributed by atoms with Crippen molar-refractivity contribution >= 4 is 32.2 Å². The van der Waals surface area contributed by atoms with E-state index in [4.69, 9.17) is 14.2 Å². The number of carbonyl (C=O) groups excluding carboxylic acids is 1. The highest BCUT2D eigenvalue weighted by atomic mass is 32.2. The number of aromatic nitrogens is 1. The number of ether oxygens (including phenoxy) is 3. The van der Waals surface area contributed by atoms with E-state index in [-0.39, 0.29) is 23.5 Å². The summed E-state index contributed by atoms with van der Waals surface area (Å²) in [6.45, 7) is 4.00. The summed E-state index contributed by atoms with van der Waals surface area (Å²) < 4.78 is 40.1. The van der Waals surface area contributed by atoms with Crippen LogP contribution in [0.15, 0.2) is 52.7 Å². The van der Waals surface area contributed by atoms with Crippen molar-refractivity contribution in [3.63, 3.8) is 0 Å². The van der Waals surface area contributed by atoms with Crippen molar-refractivity contribution in [2.75, 3.05) is 25.3 Å². The number of methoxy groups -OCH3 is 1. The molecule has 1 aromatic heterocycles. The Morgan fingerprint density at radius 1 is 1.12 bits per heavy atom. The zero-order chi connectivity index (χ0) is 23.3. The van der Waals surface area contributed by atoms with Crippen LogP contribution in [0.3, 0.4) is 0 Å². The highest BCUT2D eigenvalue weighted by molar-refractivity contribution is 7.90. The van der Waals surface area contributed by atoms with Gasteiger partial charge in [-0.05, 0) is 50.2 Å².